The van der Waals surface area contributed by atoms with Gasteiger partial charge in [-0.15, -0.1) is 13.2 Å². The van der Waals surface area contributed by atoms with Crippen molar-refractivity contribution in [3.8, 4) is 0 Å². The number of likely N-dealkylation sites (tertiary alicyclic amines) is 1. The maximum atomic E-state index is 5.97. The molecule has 8 heteroatoms. The summed E-state index contributed by atoms with van der Waals surface area (Å²) in [6.07, 6.45) is 5.82. The van der Waals surface area contributed by atoms with E-state index in [9.17, 15) is 0 Å². The van der Waals surface area contributed by atoms with E-state index in [1.54, 1.807) is 6.08 Å². The normalized spacial score (nSPS) is 29.5. The Kier molecular flexibility index (Phi) is 4.88. The van der Waals surface area contributed by atoms with Crippen LogP contribution in [-0.2, 0) is 9.47 Å². The molecule has 0 aromatic heterocycles. The Morgan fingerprint density at radius 2 is 1.96 bits per heavy atom. The molecular weight excluding hydrogens is 308 g/mol. The second-order valence-electron chi connectivity index (χ2n) is 6.13. The van der Waals surface area contributed by atoms with Crippen molar-refractivity contribution in [1.82, 2.24) is 15.5 Å². The second-order valence-corrected chi connectivity index (χ2v) is 6.13. The topological polar surface area (TPSA) is 96.5 Å². The van der Waals surface area contributed by atoms with Gasteiger partial charge < -0.3 is 25.8 Å². The zero-order valence-electron chi connectivity index (χ0n) is 14.0. The Morgan fingerprint density at radius 3 is 2.58 bits per heavy atom. The fourth-order valence-corrected chi connectivity index (χ4v) is 3.41. The summed E-state index contributed by atoms with van der Waals surface area (Å²) >= 11 is 0. The summed E-state index contributed by atoms with van der Waals surface area (Å²) in [5.74, 6) is -0.265. The fourth-order valence-electron chi connectivity index (χ4n) is 3.41. The molecular formula is C16H26N6O2. The number of ether oxygens (including phenoxy) is 2. The molecule has 1 unspecified atom stereocenters. The quantitative estimate of drug-likeness (QED) is 0.617. The Bertz CT molecular complexity index is 545. The first-order valence-electron chi connectivity index (χ1n) is 8.32. The van der Waals surface area contributed by atoms with Gasteiger partial charge in [0.05, 0.1) is 13.2 Å². The Labute approximate surface area is 142 Å². The fraction of sp³-hybridized carbons (Fsp3) is 0.625. The lowest BCUT2D eigenvalue weighted by atomic mass is 10.0. The van der Waals surface area contributed by atoms with Crippen LogP contribution in [-0.4, -0.2) is 61.2 Å². The summed E-state index contributed by atoms with van der Waals surface area (Å²) in [4.78, 5) is 11.1. The standard InChI is InChI=1S/C16H26N6O2/c1-3-5-16(20-13(17)19-14(21-16)18-8-4-2)22-9-6-15(7-10-22)23-11-12-24-15/h3-4H,1-2,5-12H2,(H4,17,18,19,20,21). The van der Waals surface area contributed by atoms with E-state index in [-0.39, 0.29) is 5.96 Å². The molecule has 3 heterocycles. The molecule has 0 aromatic rings. The van der Waals surface area contributed by atoms with Gasteiger partial charge in [0.15, 0.2) is 11.6 Å². The van der Waals surface area contributed by atoms with Gasteiger partial charge in [-0.25, -0.2) is 4.99 Å². The summed E-state index contributed by atoms with van der Waals surface area (Å²) < 4.78 is 11.6. The van der Waals surface area contributed by atoms with Crippen LogP contribution in [0.4, 0.5) is 0 Å². The molecule has 0 radical (unpaired) electrons. The van der Waals surface area contributed by atoms with Crippen LogP contribution in [0.5, 0.6) is 0 Å². The lowest BCUT2D eigenvalue weighted by molar-refractivity contribution is -0.193. The van der Waals surface area contributed by atoms with Crippen molar-refractivity contribution in [2.45, 2.75) is 30.8 Å². The smallest absolute Gasteiger partial charge is 0.222 e. The second kappa shape index (κ2) is 6.92. The number of nitrogens with zero attached hydrogens (tertiary/aromatic N) is 3. The predicted molar refractivity (Wildman–Crippen MR) is 93.4 cm³/mol. The molecule has 24 heavy (non-hydrogen) atoms. The van der Waals surface area contributed by atoms with Crippen LogP contribution in [0.15, 0.2) is 35.3 Å². The minimum Gasteiger partial charge on any atom is -0.368 e. The van der Waals surface area contributed by atoms with Crippen molar-refractivity contribution in [1.29, 1.82) is 0 Å². The molecule has 0 aromatic carbocycles. The molecule has 0 aliphatic carbocycles. The number of nitrogens with one attached hydrogen (secondary N) is 2. The van der Waals surface area contributed by atoms with Gasteiger partial charge in [-0.05, 0) is 0 Å². The Hall–Kier alpha value is -1.90. The van der Waals surface area contributed by atoms with Crippen LogP contribution in [0.2, 0.25) is 0 Å². The molecule has 0 amide bonds. The highest BCUT2D eigenvalue weighted by Gasteiger charge is 2.46. The Morgan fingerprint density at radius 1 is 1.25 bits per heavy atom. The third-order valence-electron chi connectivity index (χ3n) is 4.55. The van der Waals surface area contributed by atoms with Crippen molar-refractivity contribution in [2.24, 2.45) is 15.7 Å². The molecule has 2 fully saturated rings. The molecule has 4 N–H and O–H groups in total. The summed E-state index contributed by atoms with van der Waals surface area (Å²) in [5, 5.41) is 6.53. The van der Waals surface area contributed by atoms with Crippen LogP contribution in [0, 0.1) is 0 Å². The molecule has 3 aliphatic heterocycles. The van der Waals surface area contributed by atoms with E-state index in [0.29, 0.717) is 32.1 Å². The maximum Gasteiger partial charge on any atom is 0.222 e. The third-order valence-corrected chi connectivity index (χ3v) is 4.55. The largest absolute Gasteiger partial charge is 0.368 e. The lowest BCUT2D eigenvalue weighted by Crippen LogP contribution is -2.66. The minimum absolute atomic E-state index is 0.246. The molecule has 2 saturated heterocycles. The molecule has 0 saturated carbocycles. The van der Waals surface area contributed by atoms with E-state index in [1.807, 2.05) is 6.08 Å². The molecule has 1 atom stereocenters. The first-order valence-corrected chi connectivity index (χ1v) is 8.32. The van der Waals surface area contributed by atoms with Crippen LogP contribution >= 0.6 is 0 Å². The Balaban J connectivity index is 1.75. The summed E-state index contributed by atoms with van der Waals surface area (Å²) in [5.41, 5.74) is 5.97. The highest BCUT2D eigenvalue weighted by Crippen LogP contribution is 2.35. The van der Waals surface area contributed by atoms with Crippen molar-refractivity contribution in [2.75, 3.05) is 32.8 Å². The first-order chi connectivity index (χ1) is 11.6. The van der Waals surface area contributed by atoms with Gasteiger partial charge in [0.25, 0.3) is 0 Å². The van der Waals surface area contributed by atoms with Crippen LogP contribution in [0.3, 0.4) is 0 Å². The number of aliphatic imine (C=N–C) groups is 2. The maximum absolute atomic E-state index is 5.97. The molecule has 1 spiro atoms. The van der Waals surface area contributed by atoms with Gasteiger partial charge >= 0.3 is 0 Å². The SMILES string of the molecule is C=CCNC1=NC(N)=NC(CC=C)(N2CCC3(CC2)OCCO3)N1. The highest BCUT2D eigenvalue weighted by atomic mass is 16.7. The number of hydrogen-bond acceptors (Lipinski definition) is 8. The first kappa shape index (κ1) is 16.9. The summed E-state index contributed by atoms with van der Waals surface area (Å²) in [7, 11) is 0. The van der Waals surface area contributed by atoms with Crippen molar-refractivity contribution in [3.63, 3.8) is 0 Å². The van der Waals surface area contributed by atoms with Gasteiger partial charge in [-0.2, -0.15) is 4.99 Å². The molecule has 3 aliphatic rings. The van der Waals surface area contributed by atoms with Gasteiger partial charge in [-0.1, -0.05) is 12.2 Å². The molecule has 3 rings (SSSR count). The van der Waals surface area contributed by atoms with Crippen LogP contribution < -0.4 is 16.4 Å². The lowest BCUT2D eigenvalue weighted by Gasteiger charge is -2.47. The van der Waals surface area contributed by atoms with E-state index < -0.39 is 11.6 Å². The number of guanidine groups is 2. The van der Waals surface area contributed by atoms with Gasteiger partial charge in [0, 0.05) is 38.9 Å². The average molecular weight is 334 g/mol. The minimum atomic E-state index is -0.683. The van der Waals surface area contributed by atoms with Crippen molar-refractivity contribution in [3.05, 3.63) is 25.3 Å². The van der Waals surface area contributed by atoms with E-state index in [1.165, 1.54) is 0 Å². The highest BCUT2D eigenvalue weighted by molar-refractivity contribution is 5.96. The third kappa shape index (κ3) is 3.31. The predicted octanol–water partition coefficient (Wildman–Crippen LogP) is 0.105. The van der Waals surface area contributed by atoms with E-state index in [0.717, 1.165) is 25.9 Å². The monoisotopic (exact) mass is 334 g/mol. The number of rotatable bonds is 5. The molecule has 0 bridgehead atoms. The van der Waals surface area contributed by atoms with E-state index in [4.69, 9.17) is 15.2 Å². The number of hydrogen-bond donors (Lipinski definition) is 3. The zero-order chi connectivity index (χ0) is 17.0. The number of nitrogens with two attached hydrogens (primary N) is 1. The van der Waals surface area contributed by atoms with E-state index in [2.05, 4.69) is 38.7 Å². The zero-order valence-corrected chi connectivity index (χ0v) is 14.0. The van der Waals surface area contributed by atoms with Gasteiger partial charge in [-0.3, -0.25) is 4.90 Å². The van der Waals surface area contributed by atoms with Gasteiger partial charge in [0.1, 0.15) is 0 Å². The number of piperidine rings is 1. The van der Waals surface area contributed by atoms with Crippen LogP contribution in [0.1, 0.15) is 19.3 Å². The van der Waals surface area contributed by atoms with Gasteiger partial charge in [0.2, 0.25) is 11.9 Å². The molecule has 8 nitrogen and oxygen atoms in total. The summed E-state index contributed by atoms with van der Waals surface area (Å²) in [6, 6.07) is 0. The van der Waals surface area contributed by atoms with E-state index >= 15 is 0 Å². The van der Waals surface area contributed by atoms with Crippen LogP contribution in [0.25, 0.3) is 0 Å². The summed E-state index contributed by atoms with van der Waals surface area (Å²) in [6.45, 7) is 11.1. The molecule has 132 valence electrons. The average Bonchev–Trinajstić information content (AvgIpc) is 3.01. The van der Waals surface area contributed by atoms with Crippen molar-refractivity contribution < 1.29 is 9.47 Å². The van der Waals surface area contributed by atoms with Crippen molar-refractivity contribution >= 4 is 11.9 Å².